The summed E-state index contributed by atoms with van der Waals surface area (Å²) in [6, 6.07) is 5.89. The highest BCUT2D eigenvalue weighted by atomic mass is 32.2. The summed E-state index contributed by atoms with van der Waals surface area (Å²) in [5, 5.41) is 3.08. The second kappa shape index (κ2) is 7.45. The average molecular weight is 274 g/mol. The first-order chi connectivity index (χ1) is 8.55. The summed E-state index contributed by atoms with van der Waals surface area (Å²) < 4.78 is 39.1. The van der Waals surface area contributed by atoms with Crippen LogP contribution in [0.5, 0.6) is 0 Å². The lowest BCUT2D eigenvalue weighted by atomic mass is 10.2. The van der Waals surface area contributed by atoms with Crippen LogP contribution >= 0.6 is 0 Å². The van der Waals surface area contributed by atoms with E-state index in [4.69, 9.17) is 0 Å². The fourth-order valence-corrected chi connectivity index (χ4v) is 2.63. The number of hydrogen-bond acceptors (Lipinski definition) is 3. The molecule has 4 nitrogen and oxygen atoms in total. The molecule has 0 spiro atoms. The highest BCUT2D eigenvalue weighted by Crippen LogP contribution is 2.09. The van der Waals surface area contributed by atoms with Crippen molar-refractivity contribution >= 4 is 10.0 Å². The van der Waals surface area contributed by atoms with E-state index in [2.05, 4.69) is 10.0 Å². The molecule has 0 bridgehead atoms. The largest absolute Gasteiger partial charge is 0.315 e. The predicted molar refractivity (Wildman–Crippen MR) is 70.2 cm³/mol. The van der Waals surface area contributed by atoms with E-state index >= 15 is 0 Å². The maximum absolute atomic E-state index is 13.3. The van der Waals surface area contributed by atoms with Crippen molar-refractivity contribution in [2.75, 3.05) is 19.6 Å². The molecule has 0 aliphatic carbocycles. The summed E-state index contributed by atoms with van der Waals surface area (Å²) in [4.78, 5) is 0. The Morgan fingerprint density at radius 2 is 1.89 bits per heavy atom. The quantitative estimate of drug-likeness (QED) is 0.701. The van der Waals surface area contributed by atoms with Gasteiger partial charge in [-0.1, -0.05) is 25.1 Å². The second-order valence-corrected chi connectivity index (χ2v) is 5.80. The Labute approximate surface area is 108 Å². The van der Waals surface area contributed by atoms with Crippen LogP contribution in [-0.2, 0) is 15.8 Å². The molecule has 0 aromatic heterocycles. The van der Waals surface area contributed by atoms with Crippen LogP contribution in [0.2, 0.25) is 0 Å². The van der Waals surface area contributed by atoms with E-state index in [9.17, 15) is 12.8 Å². The molecule has 1 aromatic carbocycles. The van der Waals surface area contributed by atoms with Crippen LogP contribution in [0.25, 0.3) is 0 Å². The van der Waals surface area contributed by atoms with Crippen LogP contribution in [0.3, 0.4) is 0 Å². The molecule has 18 heavy (non-hydrogen) atoms. The summed E-state index contributed by atoms with van der Waals surface area (Å²) in [6.45, 7) is 3.78. The van der Waals surface area contributed by atoms with Crippen molar-refractivity contribution in [1.29, 1.82) is 0 Å². The van der Waals surface area contributed by atoms with E-state index in [1.165, 1.54) is 18.2 Å². The molecular weight excluding hydrogens is 255 g/mol. The molecule has 0 amide bonds. The van der Waals surface area contributed by atoms with Gasteiger partial charge < -0.3 is 5.32 Å². The van der Waals surface area contributed by atoms with Crippen molar-refractivity contribution in [3.05, 3.63) is 35.6 Å². The lowest BCUT2D eigenvalue weighted by molar-refractivity contribution is 0.569. The van der Waals surface area contributed by atoms with E-state index in [0.717, 1.165) is 13.0 Å². The number of sulfonamides is 1. The predicted octanol–water partition coefficient (Wildman–Crippen LogP) is 1.24. The maximum atomic E-state index is 13.3. The second-order valence-electron chi connectivity index (χ2n) is 3.99. The number of benzene rings is 1. The fourth-order valence-electron chi connectivity index (χ4n) is 1.47. The zero-order valence-electron chi connectivity index (χ0n) is 10.4. The Morgan fingerprint density at radius 3 is 2.56 bits per heavy atom. The van der Waals surface area contributed by atoms with E-state index in [1.54, 1.807) is 6.07 Å². The number of rotatable bonds is 8. The first-order valence-corrected chi connectivity index (χ1v) is 7.62. The van der Waals surface area contributed by atoms with Gasteiger partial charge in [-0.15, -0.1) is 0 Å². The summed E-state index contributed by atoms with van der Waals surface area (Å²) in [6.07, 6.45) is 1.00. The van der Waals surface area contributed by atoms with Crippen molar-refractivity contribution in [2.45, 2.75) is 19.1 Å². The van der Waals surface area contributed by atoms with Gasteiger partial charge in [0.15, 0.2) is 0 Å². The van der Waals surface area contributed by atoms with Crippen molar-refractivity contribution in [3.63, 3.8) is 0 Å². The lowest BCUT2D eigenvalue weighted by Crippen LogP contribution is -2.33. The van der Waals surface area contributed by atoms with Crippen molar-refractivity contribution in [1.82, 2.24) is 10.0 Å². The highest BCUT2D eigenvalue weighted by molar-refractivity contribution is 7.88. The summed E-state index contributed by atoms with van der Waals surface area (Å²) in [5.41, 5.74) is 0.187. The molecule has 6 heteroatoms. The van der Waals surface area contributed by atoms with Gasteiger partial charge in [0.2, 0.25) is 10.0 Å². The molecule has 0 aliphatic heterocycles. The molecule has 1 aromatic rings. The number of hydrogen-bond donors (Lipinski definition) is 2. The topological polar surface area (TPSA) is 58.2 Å². The highest BCUT2D eigenvalue weighted by Gasteiger charge is 2.13. The fraction of sp³-hybridized carbons (Fsp3) is 0.500. The molecule has 0 saturated heterocycles. The Morgan fingerprint density at radius 1 is 1.17 bits per heavy atom. The van der Waals surface area contributed by atoms with Gasteiger partial charge in [-0.25, -0.2) is 17.5 Å². The van der Waals surface area contributed by atoms with Gasteiger partial charge in [0.25, 0.3) is 0 Å². The number of nitrogens with one attached hydrogen (secondary N) is 2. The third-order valence-corrected chi connectivity index (χ3v) is 3.69. The summed E-state index contributed by atoms with van der Waals surface area (Å²) in [5.74, 6) is -0.819. The minimum atomic E-state index is -3.47. The molecule has 0 fully saturated rings. The molecule has 0 saturated carbocycles. The smallest absolute Gasteiger partial charge is 0.215 e. The Hall–Kier alpha value is -0.980. The molecule has 1 rings (SSSR count). The lowest BCUT2D eigenvalue weighted by Gasteiger charge is -2.08. The van der Waals surface area contributed by atoms with Crippen LogP contribution in [0.1, 0.15) is 18.9 Å². The van der Waals surface area contributed by atoms with E-state index in [1.807, 2.05) is 6.92 Å². The molecule has 0 atom stereocenters. The third kappa shape index (κ3) is 5.57. The minimum Gasteiger partial charge on any atom is -0.315 e. The van der Waals surface area contributed by atoms with Gasteiger partial charge in [0.1, 0.15) is 5.82 Å². The van der Waals surface area contributed by atoms with Gasteiger partial charge in [-0.05, 0) is 19.0 Å². The minimum absolute atomic E-state index is 0.187. The van der Waals surface area contributed by atoms with E-state index < -0.39 is 15.8 Å². The molecular formula is C12H19FN2O2S. The van der Waals surface area contributed by atoms with Gasteiger partial charge in [-0.3, -0.25) is 0 Å². The molecule has 102 valence electrons. The monoisotopic (exact) mass is 274 g/mol. The standard InChI is InChI=1S/C12H19FN2O2S/c1-2-7-14-8-9-15-18(16,17)10-11-5-3-4-6-12(11)13/h3-6,14-15H,2,7-10H2,1H3. The zero-order valence-corrected chi connectivity index (χ0v) is 11.3. The molecule has 2 N–H and O–H groups in total. The van der Waals surface area contributed by atoms with Crippen LogP contribution in [0, 0.1) is 5.82 Å². The third-order valence-electron chi connectivity index (χ3n) is 2.35. The molecule has 0 radical (unpaired) electrons. The van der Waals surface area contributed by atoms with E-state index in [0.29, 0.717) is 13.1 Å². The van der Waals surface area contributed by atoms with Crippen LogP contribution in [0.15, 0.2) is 24.3 Å². The maximum Gasteiger partial charge on any atom is 0.215 e. The Balaban J connectivity index is 2.43. The van der Waals surface area contributed by atoms with Gasteiger partial charge in [0, 0.05) is 18.7 Å². The number of halogens is 1. The summed E-state index contributed by atoms with van der Waals surface area (Å²) >= 11 is 0. The van der Waals surface area contributed by atoms with Crippen LogP contribution < -0.4 is 10.0 Å². The van der Waals surface area contributed by atoms with E-state index in [-0.39, 0.29) is 11.3 Å². The normalized spacial score (nSPS) is 11.7. The van der Waals surface area contributed by atoms with Gasteiger partial charge in [0.05, 0.1) is 5.75 Å². The molecule has 0 unspecified atom stereocenters. The summed E-state index contributed by atoms with van der Waals surface area (Å²) in [7, 11) is -3.47. The molecule has 0 heterocycles. The SMILES string of the molecule is CCCNCCNS(=O)(=O)Cc1ccccc1F. The average Bonchev–Trinajstić information content (AvgIpc) is 2.31. The first-order valence-electron chi connectivity index (χ1n) is 5.96. The Kier molecular flexibility index (Phi) is 6.24. The van der Waals surface area contributed by atoms with Crippen LogP contribution in [0.4, 0.5) is 4.39 Å². The molecule has 0 aliphatic rings. The van der Waals surface area contributed by atoms with Crippen molar-refractivity contribution < 1.29 is 12.8 Å². The Bertz CT molecular complexity index is 463. The van der Waals surface area contributed by atoms with Gasteiger partial charge in [-0.2, -0.15) is 0 Å². The first kappa shape index (κ1) is 15.1. The van der Waals surface area contributed by atoms with Gasteiger partial charge >= 0.3 is 0 Å². The van der Waals surface area contributed by atoms with Crippen molar-refractivity contribution in [2.24, 2.45) is 0 Å². The zero-order chi connectivity index (χ0) is 13.4. The van der Waals surface area contributed by atoms with Crippen molar-refractivity contribution in [3.8, 4) is 0 Å². The van der Waals surface area contributed by atoms with Crippen LogP contribution in [-0.4, -0.2) is 28.1 Å².